The first kappa shape index (κ1) is 6.61. The van der Waals surface area contributed by atoms with Gasteiger partial charge in [0.05, 0.1) is 12.8 Å². The van der Waals surface area contributed by atoms with E-state index < -0.39 is 0 Å². The molecule has 0 spiro atoms. The van der Waals surface area contributed by atoms with Crippen LogP contribution in [0.4, 0.5) is 0 Å². The Labute approximate surface area is 65.3 Å². The standard InChI is InChI=1S/C8H10N2O/c1-10-6-7(5-9-10)8-3-2-4-11-8/h2-3,5-6,8H,4H2,1H3. The third-order valence-electron chi connectivity index (χ3n) is 1.74. The van der Waals surface area contributed by atoms with Gasteiger partial charge in [-0.2, -0.15) is 5.10 Å². The van der Waals surface area contributed by atoms with Crippen molar-refractivity contribution in [3.05, 3.63) is 30.1 Å². The molecule has 1 aromatic rings. The van der Waals surface area contributed by atoms with Gasteiger partial charge >= 0.3 is 0 Å². The number of hydrogen-bond acceptors (Lipinski definition) is 2. The summed E-state index contributed by atoms with van der Waals surface area (Å²) in [5.41, 5.74) is 1.13. The van der Waals surface area contributed by atoms with E-state index >= 15 is 0 Å². The molecule has 11 heavy (non-hydrogen) atoms. The fourth-order valence-electron chi connectivity index (χ4n) is 1.19. The van der Waals surface area contributed by atoms with Gasteiger partial charge in [0.15, 0.2) is 0 Å². The zero-order valence-electron chi connectivity index (χ0n) is 6.40. The molecule has 0 N–H and O–H groups in total. The van der Waals surface area contributed by atoms with Crippen molar-refractivity contribution >= 4 is 0 Å². The number of aryl methyl sites for hydroxylation is 1. The monoisotopic (exact) mass is 150 g/mol. The molecule has 1 atom stereocenters. The van der Waals surface area contributed by atoms with Crippen LogP contribution in [0.2, 0.25) is 0 Å². The first-order valence-electron chi connectivity index (χ1n) is 3.63. The van der Waals surface area contributed by atoms with Gasteiger partial charge in [-0.05, 0) is 0 Å². The van der Waals surface area contributed by atoms with E-state index in [2.05, 4.69) is 11.2 Å². The Balaban J connectivity index is 2.22. The number of rotatable bonds is 1. The van der Waals surface area contributed by atoms with Crippen LogP contribution in [-0.4, -0.2) is 16.4 Å². The second-order valence-electron chi connectivity index (χ2n) is 2.63. The molecule has 3 heteroatoms. The first-order valence-corrected chi connectivity index (χ1v) is 3.63. The van der Waals surface area contributed by atoms with Crippen molar-refractivity contribution in [3.63, 3.8) is 0 Å². The SMILES string of the molecule is Cn1cc(C2C=CCO2)cn1. The summed E-state index contributed by atoms with van der Waals surface area (Å²) in [6, 6.07) is 0. The van der Waals surface area contributed by atoms with Crippen LogP contribution in [0.1, 0.15) is 11.7 Å². The van der Waals surface area contributed by atoms with E-state index in [1.165, 1.54) is 0 Å². The summed E-state index contributed by atoms with van der Waals surface area (Å²) in [4.78, 5) is 0. The molecular formula is C8H10N2O. The predicted molar refractivity (Wildman–Crippen MR) is 41.0 cm³/mol. The molecule has 1 aliphatic rings. The first-order chi connectivity index (χ1) is 5.36. The van der Waals surface area contributed by atoms with Crippen molar-refractivity contribution in [2.45, 2.75) is 6.10 Å². The highest BCUT2D eigenvalue weighted by Gasteiger charge is 2.12. The molecule has 58 valence electrons. The largest absolute Gasteiger partial charge is 0.365 e. The summed E-state index contributed by atoms with van der Waals surface area (Å²) in [7, 11) is 1.90. The summed E-state index contributed by atoms with van der Waals surface area (Å²) >= 11 is 0. The minimum absolute atomic E-state index is 0.128. The molecule has 0 aliphatic carbocycles. The molecule has 0 saturated carbocycles. The molecule has 1 unspecified atom stereocenters. The molecule has 2 rings (SSSR count). The highest BCUT2D eigenvalue weighted by molar-refractivity contribution is 5.16. The van der Waals surface area contributed by atoms with Crippen molar-refractivity contribution in [2.75, 3.05) is 6.61 Å². The van der Waals surface area contributed by atoms with Crippen molar-refractivity contribution in [1.82, 2.24) is 9.78 Å². The molecule has 1 aliphatic heterocycles. The Bertz CT molecular complexity index is 277. The van der Waals surface area contributed by atoms with Crippen molar-refractivity contribution in [2.24, 2.45) is 7.05 Å². The van der Waals surface area contributed by atoms with Gasteiger partial charge in [-0.3, -0.25) is 4.68 Å². The van der Waals surface area contributed by atoms with Gasteiger partial charge in [0.1, 0.15) is 6.10 Å². The van der Waals surface area contributed by atoms with Crippen LogP contribution in [-0.2, 0) is 11.8 Å². The third-order valence-corrected chi connectivity index (χ3v) is 1.74. The number of hydrogen-bond donors (Lipinski definition) is 0. The van der Waals surface area contributed by atoms with Crippen LogP contribution in [0, 0.1) is 0 Å². The Kier molecular flexibility index (Phi) is 1.51. The van der Waals surface area contributed by atoms with E-state index in [1.54, 1.807) is 4.68 Å². The van der Waals surface area contributed by atoms with Gasteiger partial charge in [-0.1, -0.05) is 12.2 Å². The smallest absolute Gasteiger partial charge is 0.104 e. The van der Waals surface area contributed by atoms with E-state index in [0.717, 1.165) is 12.2 Å². The lowest BCUT2D eigenvalue weighted by Gasteiger charge is -2.02. The summed E-state index contributed by atoms with van der Waals surface area (Å²) in [6.45, 7) is 0.722. The zero-order chi connectivity index (χ0) is 7.68. The maximum absolute atomic E-state index is 5.39. The Hall–Kier alpha value is -1.09. The van der Waals surface area contributed by atoms with E-state index in [0.29, 0.717) is 0 Å². The average molecular weight is 150 g/mol. The molecule has 0 saturated heterocycles. The van der Waals surface area contributed by atoms with Gasteiger partial charge in [0.25, 0.3) is 0 Å². The summed E-state index contributed by atoms with van der Waals surface area (Å²) in [5, 5.41) is 4.06. The second kappa shape index (κ2) is 2.51. The Morgan fingerprint density at radius 3 is 3.18 bits per heavy atom. The van der Waals surface area contributed by atoms with Crippen molar-refractivity contribution in [1.29, 1.82) is 0 Å². The Morgan fingerprint density at radius 1 is 1.73 bits per heavy atom. The van der Waals surface area contributed by atoms with Crippen LogP contribution in [0.3, 0.4) is 0 Å². The lowest BCUT2D eigenvalue weighted by molar-refractivity contribution is 0.129. The third kappa shape index (κ3) is 1.19. The molecule has 0 aromatic carbocycles. The van der Waals surface area contributed by atoms with Crippen LogP contribution >= 0.6 is 0 Å². The minimum Gasteiger partial charge on any atom is -0.365 e. The van der Waals surface area contributed by atoms with E-state index in [4.69, 9.17) is 4.74 Å². The van der Waals surface area contributed by atoms with E-state index in [-0.39, 0.29) is 6.10 Å². The molecule has 1 aromatic heterocycles. The fourth-order valence-corrected chi connectivity index (χ4v) is 1.19. The van der Waals surface area contributed by atoms with Crippen LogP contribution in [0.5, 0.6) is 0 Å². The maximum Gasteiger partial charge on any atom is 0.104 e. The molecule has 0 fully saturated rings. The summed E-state index contributed by atoms with van der Waals surface area (Å²) < 4.78 is 7.17. The fraction of sp³-hybridized carbons (Fsp3) is 0.375. The molecule has 2 heterocycles. The van der Waals surface area contributed by atoms with Crippen molar-refractivity contribution < 1.29 is 4.74 Å². The Morgan fingerprint density at radius 2 is 2.64 bits per heavy atom. The van der Waals surface area contributed by atoms with Crippen molar-refractivity contribution in [3.8, 4) is 0 Å². The highest BCUT2D eigenvalue weighted by atomic mass is 16.5. The zero-order valence-corrected chi connectivity index (χ0v) is 6.40. The molecule has 0 radical (unpaired) electrons. The number of nitrogens with zero attached hydrogens (tertiary/aromatic N) is 2. The molecule has 0 bridgehead atoms. The minimum atomic E-state index is 0.128. The normalized spacial score (nSPS) is 22.8. The predicted octanol–water partition coefficient (Wildman–Crippen LogP) is 1.05. The summed E-state index contributed by atoms with van der Waals surface area (Å²) in [5.74, 6) is 0. The van der Waals surface area contributed by atoms with E-state index in [1.807, 2.05) is 25.5 Å². The number of ether oxygens (including phenoxy) is 1. The van der Waals surface area contributed by atoms with Crippen LogP contribution in [0.25, 0.3) is 0 Å². The lowest BCUT2D eigenvalue weighted by Crippen LogP contribution is -1.93. The molecule has 3 nitrogen and oxygen atoms in total. The van der Waals surface area contributed by atoms with Gasteiger partial charge in [-0.15, -0.1) is 0 Å². The highest BCUT2D eigenvalue weighted by Crippen LogP contribution is 2.21. The second-order valence-corrected chi connectivity index (χ2v) is 2.63. The summed E-state index contributed by atoms with van der Waals surface area (Å²) in [6.07, 6.45) is 8.01. The maximum atomic E-state index is 5.39. The van der Waals surface area contributed by atoms with Gasteiger partial charge in [0, 0.05) is 18.8 Å². The topological polar surface area (TPSA) is 27.1 Å². The van der Waals surface area contributed by atoms with Gasteiger partial charge in [-0.25, -0.2) is 0 Å². The average Bonchev–Trinajstić information content (AvgIpc) is 2.55. The molecule has 0 amide bonds. The van der Waals surface area contributed by atoms with Gasteiger partial charge < -0.3 is 4.74 Å². The van der Waals surface area contributed by atoms with Crippen LogP contribution < -0.4 is 0 Å². The molecular weight excluding hydrogens is 140 g/mol. The number of aromatic nitrogens is 2. The van der Waals surface area contributed by atoms with E-state index in [9.17, 15) is 0 Å². The lowest BCUT2D eigenvalue weighted by atomic mass is 10.2. The van der Waals surface area contributed by atoms with Gasteiger partial charge in [0.2, 0.25) is 0 Å². The quantitative estimate of drug-likeness (QED) is 0.559. The van der Waals surface area contributed by atoms with Crippen LogP contribution in [0.15, 0.2) is 24.5 Å².